The maximum Gasteiger partial charge on any atom is 0.208 e. The van der Waals surface area contributed by atoms with Crippen LogP contribution in [0.2, 0.25) is 0 Å². The molecule has 0 amide bonds. The second-order valence-corrected chi connectivity index (χ2v) is 8.32. The molecule has 0 aliphatic heterocycles. The minimum atomic E-state index is -1.12. The molecule has 0 saturated carbocycles. The standard InChI is InChI=1S/C28H22O5/c1-15-6-10-17(11-7-15)19-14-21(30)25-27(32)24-20(29)4-3-5-22(24)33-28(25)23(19)26(31)18-12-8-16(2)9-13-18/h3-14,26,29-31H,1-2H3. The third kappa shape index (κ3) is 3.43. The van der Waals surface area contributed by atoms with E-state index >= 15 is 0 Å². The van der Waals surface area contributed by atoms with Crippen LogP contribution in [0.1, 0.15) is 28.4 Å². The van der Waals surface area contributed by atoms with Crippen molar-refractivity contribution in [3.8, 4) is 22.6 Å². The fourth-order valence-corrected chi connectivity index (χ4v) is 4.21. The first-order valence-electron chi connectivity index (χ1n) is 10.6. The minimum absolute atomic E-state index is 0.0147. The number of aryl methyl sites for hydroxylation is 2. The van der Waals surface area contributed by atoms with Crippen molar-refractivity contribution in [2.45, 2.75) is 20.0 Å². The summed E-state index contributed by atoms with van der Waals surface area (Å²) >= 11 is 0. The van der Waals surface area contributed by atoms with Gasteiger partial charge in [-0.15, -0.1) is 0 Å². The van der Waals surface area contributed by atoms with Gasteiger partial charge in [-0.05, 0) is 48.7 Å². The molecule has 33 heavy (non-hydrogen) atoms. The van der Waals surface area contributed by atoms with Crippen molar-refractivity contribution in [1.29, 1.82) is 0 Å². The second-order valence-electron chi connectivity index (χ2n) is 8.32. The van der Waals surface area contributed by atoms with E-state index in [1.54, 1.807) is 12.1 Å². The highest BCUT2D eigenvalue weighted by Crippen LogP contribution is 2.42. The van der Waals surface area contributed by atoms with Crippen LogP contribution in [0.5, 0.6) is 11.5 Å². The molecule has 5 nitrogen and oxygen atoms in total. The Bertz CT molecular complexity index is 1560. The van der Waals surface area contributed by atoms with Gasteiger partial charge in [-0.25, -0.2) is 0 Å². The van der Waals surface area contributed by atoms with Crippen LogP contribution in [0, 0.1) is 13.8 Å². The third-order valence-corrected chi connectivity index (χ3v) is 6.00. The fraction of sp³-hybridized carbons (Fsp3) is 0.107. The molecule has 0 aliphatic carbocycles. The van der Waals surface area contributed by atoms with Crippen molar-refractivity contribution in [2.75, 3.05) is 0 Å². The van der Waals surface area contributed by atoms with Crippen LogP contribution in [0.4, 0.5) is 0 Å². The molecule has 1 aromatic heterocycles. The summed E-state index contributed by atoms with van der Waals surface area (Å²) in [6, 6.07) is 21.1. The molecule has 5 heteroatoms. The van der Waals surface area contributed by atoms with Gasteiger partial charge in [-0.3, -0.25) is 4.79 Å². The molecule has 4 aromatic carbocycles. The van der Waals surface area contributed by atoms with E-state index in [4.69, 9.17) is 4.42 Å². The molecule has 1 unspecified atom stereocenters. The van der Waals surface area contributed by atoms with Crippen molar-refractivity contribution in [1.82, 2.24) is 0 Å². The van der Waals surface area contributed by atoms with E-state index in [0.29, 0.717) is 16.7 Å². The smallest absolute Gasteiger partial charge is 0.208 e. The average molecular weight is 438 g/mol. The lowest BCUT2D eigenvalue weighted by Gasteiger charge is -2.19. The highest BCUT2D eigenvalue weighted by atomic mass is 16.3. The molecular weight excluding hydrogens is 416 g/mol. The molecular formula is C28H22O5. The largest absolute Gasteiger partial charge is 0.507 e. The summed E-state index contributed by atoms with van der Waals surface area (Å²) in [5, 5.41) is 32.5. The monoisotopic (exact) mass is 438 g/mol. The van der Waals surface area contributed by atoms with E-state index in [1.807, 2.05) is 62.4 Å². The van der Waals surface area contributed by atoms with Crippen LogP contribution >= 0.6 is 0 Å². The van der Waals surface area contributed by atoms with E-state index in [9.17, 15) is 20.1 Å². The summed E-state index contributed by atoms with van der Waals surface area (Å²) < 4.78 is 6.09. The number of aromatic hydroxyl groups is 2. The van der Waals surface area contributed by atoms with E-state index in [2.05, 4.69) is 0 Å². The number of phenols is 2. The van der Waals surface area contributed by atoms with Gasteiger partial charge in [0.1, 0.15) is 39.5 Å². The number of hydrogen-bond donors (Lipinski definition) is 3. The van der Waals surface area contributed by atoms with Gasteiger partial charge in [0.2, 0.25) is 5.43 Å². The average Bonchev–Trinajstić information content (AvgIpc) is 2.79. The summed E-state index contributed by atoms with van der Waals surface area (Å²) in [7, 11) is 0. The van der Waals surface area contributed by atoms with Gasteiger partial charge >= 0.3 is 0 Å². The number of fused-ring (bicyclic) bond motifs is 2. The van der Waals surface area contributed by atoms with Crippen molar-refractivity contribution in [3.05, 3.63) is 105 Å². The molecule has 5 rings (SSSR count). The Balaban J connectivity index is 1.93. The van der Waals surface area contributed by atoms with Gasteiger partial charge in [-0.1, -0.05) is 65.7 Å². The summed E-state index contributed by atoms with van der Waals surface area (Å²) in [4.78, 5) is 13.3. The lowest BCUT2D eigenvalue weighted by molar-refractivity contribution is 0.221. The molecule has 1 atom stereocenters. The molecule has 3 N–H and O–H groups in total. The molecule has 0 saturated heterocycles. The number of rotatable bonds is 3. The number of phenolic OH excluding ortho intramolecular Hbond substituents is 2. The molecule has 1 heterocycles. The molecule has 0 aliphatic rings. The zero-order valence-electron chi connectivity index (χ0n) is 18.2. The van der Waals surface area contributed by atoms with Crippen LogP contribution in [-0.2, 0) is 0 Å². The van der Waals surface area contributed by atoms with Crippen molar-refractivity contribution >= 4 is 21.9 Å². The summed E-state index contributed by atoms with van der Waals surface area (Å²) in [6.45, 7) is 3.93. The Morgan fingerprint density at radius 2 is 1.42 bits per heavy atom. The topological polar surface area (TPSA) is 90.9 Å². The maximum atomic E-state index is 13.3. The van der Waals surface area contributed by atoms with E-state index in [-0.39, 0.29) is 33.4 Å². The molecule has 0 bridgehead atoms. The van der Waals surface area contributed by atoms with Gasteiger partial charge < -0.3 is 19.7 Å². The molecule has 0 radical (unpaired) electrons. The van der Waals surface area contributed by atoms with E-state index in [0.717, 1.165) is 16.7 Å². The Hall–Kier alpha value is -4.09. The van der Waals surface area contributed by atoms with E-state index < -0.39 is 11.5 Å². The van der Waals surface area contributed by atoms with Crippen LogP contribution in [0.3, 0.4) is 0 Å². The minimum Gasteiger partial charge on any atom is -0.507 e. The van der Waals surface area contributed by atoms with Crippen LogP contribution in [0.15, 0.2) is 82.0 Å². The predicted molar refractivity (Wildman–Crippen MR) is 129 cm³/mol. The van der Waals surface area contributed by atoms with Gasteiger partial charge in [0, 0.05) is 5.56 Å². The molecule has 0 fully saturated rings. The Kier molecular flexibility index (Phi) is 4.91. The summed E-state index contributed by atoms with van der Waals surface area (Å²) in [5.41, 5.74) is 4.12. The fourth-order valence-electron chi connectivity index (χ4n) is 4.21. The Morgan fingerprint density at radius 1 is 0.788 bits per heavy atom. The Labute approximate surface area is 189 Å². The Morgan fingerprint density at radius 3 is 2.09 bits per heavy atom. The summed E-state index contributed by atoms with van der Waals surface area (Å²) in [6.07, 6.45) is -1.12. The SMILES string of the molecule is Cc1ccc(-c2cc(O)c3c(=O)c4c(O)cccc4oc3c2C(O)c2ccc(C)cc2)cc1. The maximum absolute atomic E-state index is 13.3. The predicted octanol–water partition coefficient (Wildman–Crippen LogP) is 5.72. The highest BCUT2D eigenvalue weighted by Gasteiger charge is 2.26. The van der Waals surface area contributed by atoms with Crippen molar-refractivity contribution in [2.24, 2.45) is 0 Å². The molecule has 5 aromatic rings. The van der Waals surface area contributed by atoms with Gasteiger partial charge in [0.25, 0.3) is 0 Å². The zero-order valence-corrected chi connectivity index (χ0v) is 18.2. The number of benzene rings is 4. The highest BCUT2D eigenvalue weighted by molar-refractivity contribution is 6.00. The lowest BCUT2D eigenvalue weighted by Crippen LogP contribution is -2.09. The molecule has 0 spiro atoms. The number of aliphatic hydroxyl groups is 1. The summed E-state index contributed by atoms with van der Waals surface area (Å²) in [5.74, 6) is -0.509. The lowest BCUT2D eigenvalue weighted by atomic mass is 9.89. The van der Waals surface area contributed by atoms with Crippen LogP contribution in [0.25, 0.3) is 33.1 Å². The third-order valence-electron chi connectivity index (χ3n) is 6.00. The second kappa shape index (κ2) is 7.80. The normalized spacial score (nSPS) is 12.3. The van der Waals surface area contributed by atoms with Gasteiger partial charge in [0.15, 0.2) is 0 Å². The van der Waals surface area contributed by atoms with E-state index in [1.165, 1.54) is 12.1 Å². The van der Waals surface area contributed by atoms with Gasteiger partial charge in [-0.2, -0.15) is 0 Å². The zero-order chi connectivity index (χ0) is 23.3. The van der Waals surface area contributed by atoms with Gasteiger partial charge in [0.05, 0.1) is 0 Å². The quantitative estimate of drug-likeness (QED) is 0.313. The first-order valence-corrected chi connectivity index (χ1v) is 10.6. The van der Waals surface area contributed by atoms with Crippen LogP contribution in [-0.4, -0.2) is 15.3 Å². The first kappa shape index (κ1) is 20.8. The van der Waals surface area contributed by atoms with Crippen LogP contribution < -0.4 is 5.43 Å². The molecule has 164 valence electrons. The van der Waals surface area contributed by atoms with Crippen molar-refractivity contribution in [3.63, 3.8) is 0 Å². The number of aliphatic hydroxyl groups excluding tert-OH is 1. The van der Waals surface area contributed by atoms with Crippen molar-refractivity contribution < 1.29 is 19.7 Å². The number of hydrogen-bond acceptors (Lipinski definition) is 5. The first-order chi connectivity index (χ1) is 15.8.